The van der Waals surface area contributed by atoms with Gasteiger partial charge in [-0.1, -0.05) is 18.2 Å². The molecule has 104 valence electrons. The Kier molecular flexibility index (Phi) is 3.78. The molecule has 0 bridgehead atoms. The number of nitrogens with zero attached hydrogens (tertiary/aromatic N) is 2. The molecule has 5 heteroatoms. The second-order valence-corrected chi connectivity index (χ2v) is 5.04. The van der Waals surface area contributed by atoms with E-state index in [0.29, 0.717) is 6.54 Å². The van der Waals surface area contributed by atoms with Gasteiger partial charge in [0.15, 0.2) is 0 Å². The van der Waals surface area contributed by atoms with E-state index in [1.807, 2.05) is 41.2 Å². The van der Waals surface area contributed by atoms with Crippen LogP contribution >= 0.6 is 0 Å². The average Bonchev–Trinajstić information content (AvgIpc) is 3.17. The van der Waals surface area contributed by atoms with E-state index in [1.54, 1.807) is 6.20 Å². The Bertz CT molecular complexity index is 573. The summed E-state index contributed by atoms with van der Waals surface area (Å²) in [6.07, 6.45) is 4.66. The summed E-state index contributed by atoms with van der Waals surface area (Å²) in [4.78, 5) is 11.9. The molecule has 1 unspecified atom stereocenters. The van der Waals surface area contributed by atoms with E-state index in [0.717, 1.165) is 30.8 Å². The summed E-state index contributed by atoms with van der Waals surface area (Å²) in [6.45, 7) is 2.25. The first-order valence-corrected chi connectivity index (χ1v) is 6.90. The smallest absolute Gasteiger partial charge is 0.224 e. The Morgan fingerprint density at radius 3 is 3.00 bits per heavy atom. The molecule has 1 aliphatic rings. The van der Waals surface area contributed by atoms with E-state index in [1.165, 1.54) is 0 Å². The van der Waals surface area contributed by atoms with E-state index in [4.69, 9.17) is 0 Å². The molecule has 2 aromatic rings. The second-order valence-electron chi connectivity index (χ2n) is 5.04. The highest BCUT2D eigenvalue weighted by Gasteiger charge is 2.21. The van der Waals surface area contributed by atoms with Gasteiger partial charge in [0.05, 0.1) is 17.8 Å². The second kappa shape index (κ2) is 5.88. The fraction of sp³-hybridized carbons (Fsp3) is 0.333. The largest absolute Gasteiger partial charge is 0.352 e. The van der Waals surface area contributed by atoms with E-state index < -0.39 is 0 Å². The van der Waals surface area contributed by atoms with Crippen molar-refractivity contribution >= 4 is 5.91 Å². The van der Waals surface area contributed by atoms with E-state index >= 15 is 0 Å². The minimum Gasteiger partial charge on any atom is -0.352 e. The molecule has 0 spiro atoms. The lowest BCUT2D eigenvalue weighted by Crippen LogP contribution is -2.31. The quantitative estimate of drug-likeness (QED) is 0.874. The highest BCUT2D eigenvalue weighted by Crippen LogP contribution is 2.09. The average molecular weight is 270 g/mol. The van der Waals surface area contributed by atoms with Crippen LogP contribution in [0.3, 0.4) is 0 Å². The van der Waals surface area contributed by atoms with Crippen LogP contribution in [0.25, 0.3) is 5.69 Å². The highest BCUT2D eigenvalue weighted by atomic mass is 16.1. The summed E-state index contributed by atoms with van der Waals surface area (Å²) in [5, 5.41) is 10.5. The number of rotatable bonds is 4. The fourth-order valence-corrected chi connectivity index (χ4v) is 2.39. The monoisotopic (exact) mass is 270 g/mol. The SMILES string of the molecule is O=C(NCc1cnn(-c2ccccc2)c1)C1CCNC1. The van der Waals surface area contributed by atoms with Crippen LogP contribution in [0, 0.1) is 5.92 Å². The third-order valence-corrected chi connectivity index (χ3v) is 3.55. The summed E-state index contributed by atoms with van der Waals surface area (Å²) in [7, 11) is 0. The molecule has 1 aromatic carbocycles. The lowest BCUT2D eigenvalue weighted by Gasteiger charge is -2.08. The molecule has 3 rings (SSSR count). The van der Waals surface area contributed by atoms with Gasteiger partial charge >= 0.3 is 0 Å². The molecule has 2 N–H and O–H groups in total. The van der Waals surface area contributed by atoms with Crippen LogP contribution < -0.4 is 10.6 Å². The maximum absolute atomic E-state index is 11.9. The number of benzene rings is 1. The maximum Gasteiger partial charge on any atom is 0.224 e. The van der Waals surface area contributed by atoms with E-state index in [2.05, 4.69) is 15.7 Å². The summed E-state index contributed by atoms with van der Waals surface area (Å²) < 4.78 is 1.82. The first kappa shape index (κ1) is 12.9. The minimum atomic E-state index is 0.110. The molecule has 0 aliphatic carbocycles. The van der Waals surface area contributed by atoms with Gasteiger partial charge in [-0.25, -0.2) is 4.68 Å². The van der Waals surface area contributed by atoms with Crippen molar-refractivity contribution in [1.29, 1.82) is 0 Å². The lowest BCUT2D eigenvalue weighted by molar-refractivity contribution is -0.124. The molecular formula is C15H18N4O. The van der Waals surface area contributed by atoms with Crippen LogP contribution in [-0.4, -0.2) is 28.8 Å². The maximum atomic E-state index is 11.9. The van der Waals surface area contributed by atoms with Crippen LogP contribution in [0.15, 0.2) is 42.7 Å². The predicted molar refractivity (Wildman–Crippen MR) is 76.4 cm³/mol. The molecule has 1 aromatic heterocycles. The number of carbonyl (C=O) groups is 1. The summed E-state index contributed by atoms with van der Waals surface area (Å²) in [5.74, 6) is 0.238. The van der Waals surface area contributed by atoms with Crippen molar-refractivity contribution in [2.24, 2.45) is 5.92 Å². The van der Waals surface area contributed by atoms with Crippen molar-refractivity contribution in [2.75, 3.05) is 13.1 Å². The number of carbonyl (C=O) groups excluding carboxylic acids is 1. The van der Waals surface area contributed by atoms with Gasteiger partial charge in [0.25, 0.3) is 0 Å². The molecule has 1 fully saturated rings. The molecule has 20 heavy (non-hydrogen) atoms. The van der Waals surface area contributed by atoms with Gasteiger partial charge < -0.3 is 10.6 Å². The zero-order valence-corrected chi connectivity index (χ0v) is 11.2. The van der Waals surface area contributed by atoms with Crippen molar-refractivity contribution < 1.29 is 4.79 Å². The number of hydrogen-bond donors (Lipinski definition) is 2. The lowest BCUT2D eigenvalue weighted by atomic mass is 10.1. The van der Waals surface area contributed by atoms with Gasteiger partial charge in [-0.15, -0.1) is 0 Å². The summed E-state index contributed by atoms with van der Waals surface area (Å²) in [5.41, 5.74) is 2.03. The zero-order valence-electron chi connectivity index (χ0n) is 11.2. The van der Waals surface area contributed by atoms with Crippen molar-refractivity contribution in [1.82, 2.24) is 20.4 Å². The Hall–Kier alpha value is -2.14. The van der Waals surface area contributed by atoms with Crippen molar-refractivity contribution in [2.45, 2.75) is 13.0 Å². The molecule has 0 radical (unpaired) electrons. The first-order valence-electron chi connectivity index (χ1n) is 6.90. The Morgan fingerprint density at radius 1 is 1.40 bits per heavy atom. The molecule has 2 heterocycles. The molecule has 1 aliphatic heterocycles. The normalized spacial score (nSPS) is 18.1. The predicted octanol–water partition coefficient (Wildman–Crippen LogP) is 1.10. The standard InChI is InChI=1S/C15H18N4O/c20-15(13-6-7-16-10-13)17-8-12-9-18-19(11-12)14-4-2-1-3-5-14/h1-5,9,11,13,16H,6-8,10H2,(H,17,20). The summed E-state index contributed by atoms with van der Waals surface area (Å²) >= 11 is 0. The van der Waals surface area contributed by atoms with Gasteiger partial charge in [-0.05, 0) is 25.1 Å². The van der Waals surface area contributed by atoms with Gasteiger partial charge in [-0.3, -0.25) is 4.79 Å². The van der Waals surface area contributed by atoms with Gasteiger partial charge in [0.1, 0.15) is 0 Å². The minimum absolute atomic E-state index is 0.110. The van der Waals surface area contributed by atoms with Gasteiger partial charge in [0, 0.05) is 24.8 Å². The van der Waals surface area contributed by atoms with Gasteiger partial charge in [-0.2, -0.15) is 5.10 Å². The number of hydrogen-bond acceptors (Lipinski definition) is 3. The van der Waals surface area contributed by atoms with Crippen LogP contribution in [0.5, 0.6) is 0 Å². The zero-order chi connectivity index (χ0) is 13.8. The number of para-hydroxylation sites is 1. The third kappa shape index (κ3) is 2.88. The van der Waals surface area contributed by atoms with Crippen LogP contribution in [-0.2, 0) is 11.3 Å². The summed E-state index contributed by atoms with van der Waals surface area (Å²) in [6, 6.07) is 9.93. The Morgan fingerprint density at radius 2 is 2.25 bits per heavy atom. The fourth-order valence-electron chi connectivity index (χ4n) is 2.39. The Balaban J connectivity index is 1.59. The molecule has 1 saturated heterocycles. The first-order chi connectivity index (χ1) is 9.83. The van der Waals surface area contributed by atoms with Crippen LogP contribution in [0.4, 0.5) is 0 Å². The Labute approximate surface area is 118 Å². The number of amides is 1. The van der Waals surface area contributed by atoms with Crippen LogP contribution in [0.2, 0.25) is 0 Å². The molecule has 0 saturated carbocycles. The van der Waals surface area contributed by atoms with Crippen LogP contribution in [0.1, 0.15) is 12.0 Å². The number of aromatic nitrogens is 2. The molecule has 1 amide bonds. The molecule has 5 nitrogen and oxygen atoms in total. The van der Waals surface area contributed by atoms with Gasteiger partial charge in [0.2, 0.25) is 5.91 Å². The van der Waals surface area contributed by atoms with Crippen molar-refractivity contribution in [3.63, 3.8) is 0 Å². The number of nitrogens with one attached hydrogen (secondary N) is 2. The van der Waals surface area contributed by atoms with Crippen molar-refractivity contribution in [3.8, 4) is 5.69 Å². The topological polar surface area (TPSA) is 59.0 Å². The third-order valence-electron chi connectivity index (χ3n) is 3.55. The molecular weight excluding hydrogens is 252 g/mol. The van der Waals surface area contributed by atoms with Crippen molar-refractivity contribution in [3.05, 3.63) is 48.3 Å². The van der Waals surface area contributed by atoms with E-state index in [9.17, 15) is 4.79 Å². The van der Waals surface area contributed by atoms with E-state index in [-0.39, 0.29) is 11.8 Å². The molecule has 1 atom stereocenters. The highest BCUT2D eigenvalue weighted by molar-refractivity contribution is 5.79.